The SMILES string of the molecule is Clc1ccc(Br)cc1C1NCCC1Cc1ccccc1. The van der Waals surface area contributed by atoms with Gasteiger partial charge in [-0.3, -0.25) is 0 Å². The molecule has 0 radical (unpaired) electrons. The Bertz CT molecular complexity index is 585. The highest BCUT2D eigenvalue weighted by molar-refractivity contribution is 9.10. The van der Waals surface area contributed by atoms with Crippen LogP contribution in [0.1, 0.15) is 23.6 Å². The van der Waals surface area contributed by atoms with Crippen LogP contribution in [-0.2, 0) is 6.42 Å². The molecule has 1 nitrogen and oxygen atoms in total. The number of hydrogen-bond acceptors (Lipinski definition) is 1. The highest BCUT2D eigenvalue weighted by Crippen LogP contribution is 2.36. The van der Waals surface area contributed by atoms with E-state index in [4.69, 9.17) is 11.6 Å². The summed E-state index contributed by atoms with van der Waals surface area (Å²) < 4.78 is 1.09. The summed E-state index contributed by atoms with van der Waals surface area (Å²) in [4.78, 5) is 0. The third-order valence-electron chi connectivity index (χ3n) is 3.98. The summed E-state index contributed by atoms with van der Waals surface area (Å²) in [6, 6.07) is 17.2. The summed E-state index contributed by atoms with van der Waals surface area (Å²) in [7, 11) is 0. The Morgan fingerprint density at radius 3 is 2.75 bits per heavy atom. The van der Waals surface area contributed by atoms with E-state index in [0.717, 1.165) is 22.5 Å². The van der Waals surface area contributed by atoms with Crippen LogP contribution in [0, 0.1) is 5.92 Å². The van der Waals surface area contributed by atoms with Crippen LogP contribution in [0.5, 0.6) is 0 Å². The van der Waals surface area contributed by atoms with E-state index < -0.39 is 0 Å². The quantitative estimate of drug-likeness (QED) is 0.821. The molecule has 2 aromatic carbocycles. The summed E-state index contributed by atoms with van der Waals surface area (Å²) in [5, 5.41) is 4.46. The average molecular weight is 351 g/mol. The Balaban J connectivity index is 1.83. The van der Waals surface area contributed by atoms with Gasteiger partial charge in [-0.15, -0.1) is 0 Å². The normalized spacial score (nSPS) is 22.1. The number of benzene rings is 2. The molecule has 2 atom stereocenters. The number of rotatable bonds is 3. The topological polar surface area (TPSA) is 12.0 Å². The summed E-state index contributed by atoms with van der Waals surface area (Å²) in [5.74, 6) is 0.601. The van der Waals surface area contributed by atoms with Crippen LogP contribution in [0.15, 0.2) is 53.0 Å². The van der Waals surface area contributed by atoms with Crippen LogP contribution in [-0.4, -0.2) is 6.54 Å². The van der Waals surface area contributed by atoms with Crippen molar-refractivity contribution in [2.45, 2.75) is 18.9 Å². The Labute approximate surface area is 133 Å². The largest absolute Gasteiger partial charge is 0.310 e. The van der Waals surface area contributed by atoms with Crippen LogP contribution < -0.4 is 5.32 Å². The van der Waals surface area contributed by atoms with Gasteiger partial charge < -0.3 is 5.32 Å². The molecule has 2 aromatic rings. The van der Waals surface area contributed by atoms with Gasteiger partial charge in [0.05, 0.1) is 0 Å². The lowest BCUT2D eigenvalue weighted by Gasteiger charge is -2.21. The maximum Gasteiger partial charge on any atom is 0.0454 e. The van der Waals surface area contributed by atoms with Gasteiger partial charge in [0.2, 0.25) is 0 Å². The molecule has 3 heteroatoms. The second-order valence-electron chi connectivity index (χ2n) is 5.34. The predicted octanol–water partition coefficient (Wildman–Crippen LogP) is 5.00. The van der Waals surface area contributed by atoms with Crippen LogP contribution in [0.2, 0.25) is 5.02 Å². The highest BCUT2D eigenvalue weighted by atomic mass is 79.9. The standard InChI is InChI=1S/C17H17BrClN/c18-14-6-7-16(19)15(11-14)17-13(8-9-20-17)10-12-4-2-1-3-5-12/h1-7,11,13,17,20H,8-10H2. The second-order valence-corrected chi connectivity index (χ2v) is 6.66. The van der Waals surface area contributed by atoms with Gasteiger partial charge in [0.25, 0.3) is 0 Å². The molecule has 0 aliphatic carbocycles. The zero-order valence-electron chi connectivity index (χ0n) is 11.2. The van der Waals surface area contributed by atoms with Crippen molar-refractivity contribution in [3.8, 4) is 0 Å². The molecule has 1 fully saturated rings. The minimum atomic E-state index is 0.347. The van der Waals surface area contributed by atoms with E-state index in [0.29, 0.717) is 12.0 Å². The Morgan fingerprint density at radius 2 is 1.95 bits per heavy atom. The molecule has 1 heterocycles. The van der Waals surface area contributed by atoms with Gasteiger partial charge >= 0.3 is 0 Å². The Kier molecular flexibility index (Phi) is 4.45. The molecule has 20 heavy (non-hydrogen) atoms. The maximum atomic E-state index is 6.38. The molecule has 0 aromatic heterocycles. The van der Waals surface area contributed by atoms with Gasteiger partial charge in [0.15, 0.2) is 0 Å². The fourth-order valence-electron chi connectivity index (χ4n) is 3.01. The monoisotopic (exact) mass is 349 g/mol. The smallest absolute Gasteiger partial charge is 0.0454 e. The van der Waals surface area contributed by atoms with Crippen LogP contribution in [0.3, 0.4) is 0 Å². The van der Waals surface area contributed by atoms with Crippen LogP contribution in [0.25, 0.3) is 0 Å². The average Bonchev–Trinajstić information content (AvgIpc) is 2.91. The summed E-state index contributed by atoms with van der Waals surface area (Å²) >= 11 is 9.93. The molecule has 1 saturated heterocycles. The summed E-state index contributed by atoms with van der Waals surface area (Å²) in [6.07, 6.45) is 2.30. The van der Waals surface area contributed by atoms with E-state index in [9.17, 15) is 0 Å². The van der Waals surface area contributed by atoms with Crippen molar-refractivity contribution in [3.05, 3.63) is 69.2 Å². The fourth-order valence-corrected chi connectivity index (χ4v) is 3.63. The number of nitrogens with one attached hydrogen (secondary N) is 1. The van der Waals surface area contributed by atoms with Crippen molar-refractivity contribution in [2.75, 3.05) is 6.54 Å². The predicted molar refractivity (Wildman–Crippen MR) is 88.1 cm³/mol. The second kappa shape index (κ2) is 6.30. The van der Waals surface area contributed by atoms with E-state index in [1.54, 1.807) is 0 Å². The van der Waals surface area contributed by atoms with Gasteiger partial charge in [-0.2, -0.15) is 0 Å². The van der Waals surface area contributed by atoms with Crippen molar-refractivity contribution in [3.63, 3.8) is 0 Å². The number of halogens is 2. The molecular weight excluding hydrogens is 334 g/mol. The van der Waals surface area contributed by atoms with E-state index in [2.05, 4.69) is 57.6 Å². The highest BCUT2D eigenvalue weighted by Gasteiger charge is 2.29. The lowest BCUT2D eigenvalue weighted by Crippen LogP contribution is -2.19. The van der Waals surface area contributed by atoms with Crippen LogP contribution >= 0.6 is 27.5 Å². The lowest BCUT2D eigenvalue weighted by atomic mass is 9.88. The van der Waals surface area contributed by atoms with E-state index in [1.807, 2.05) is 12.1 Å². The van der Waals surface area contributed by atoms with E-state index in [-0.39, 0.29) is 0 Å². The first kappa shape index (κ1) is 14.1. The Morgan fingerprint density at radius 1 is 1.15 bits per heavy atom. The first-order valence-corrected chi connectivity index (χ1v) is 8.13. The van der Waals surface area contributed by atoms with E-state index >= 15 is 0 Å². The fraction of sp³-hybridized carbons (Fsp3) is 0.294. The maximum absolute atomic E-state index is 6.38. The third-order valence-corrected chi connectivity index (χ3v) is 4.82. The molecule has 0 amide bonds. The van der Waals surface area contributed by atoms with Gasteiger partial charge in [0, 0.05) is 15.5 Å². The van der Waals surface area contributed by atoms with Crippen molar-refractivity contribution in [2.24, 2.45) is 5.92 Å². The van der Waals surface area contributed by atoms with Gasteiger partial charge in [0.1, 0.15) is 0 Å². The molecular formula is C17H17BrClN. The minimum absolute atomic E-state index is 0.347. The molecule has 0 spiro atoms. The van der Waals surface area contributed by atoms with Crippen molar-refractivity contribution in [1.29, 1.82) is 0 Å². The first-order chi connectivity index (χ1) is 9.74. The zero-order chi connectivity index (χ0) is 13.9. The minimum Gasteiger partial charge on any atom is -0.310 e. The molecule has 104 valence electrons. The van der Waals surface area contributed by atoms with E-state index in [1.165, 1.54) is 17.5 Å². The first-order valence-electron chi connectivity index (χ1n) is 6.96. The molecule has 2 unspecified atom stereocenters. The molecule has 0 saturated carbocycles. The molecule has 1 aliphatic heterocycles. The molecule has 1 N–H and O–H groups in total. The Hall–Kier alpha value is -0.830. The van der Waals surface area contributed by atoms with Crippen LogP contribution in [0.4, 0.5) is 0 Å². The lowest BCUT2D eigenvalue weighted by molar-refractivity contribution is 0.460. The van der Waals surface area contributed by atoms with Gasteiger partial charge in [-0.25, -0.2) is 0 Å². The summed E-state index contributed by atoms with van der Waals surface area (Å²) in [5.41, 5.74) is 2.61. The van der Waals surface area contributed by atoms with Crippen molar-refractivity contribution >= 4 is 27.5 Å². The van der Waals surface area contributed by atoms with Gasteiger partial charge in [-0.1, -0.05) is 57.9 Å². The van der Waals surface area contributed by atoms with Gasteiger partial charge in [-0.05, 0) is 54.6 Å². The van der Waals surface area contributed by atoms with Crippen molar-refractivity contribution in [1.82, 2.24) is 5.32 Å². The third kappa shape index (κ3) is 3.08. The molecule has 1 aliphatic rings. The van der Waals surface area contributed by atoms with Crippen molar-refractivity contribution < 1.29 is 0 Å². The molecule has 0 bridgehead atoms. The zero-order valence-corrected chi connectivity index (χ0v) is 13.5. The summed E-state index contributed by atoms with van der Waals surface area (Å²) in [6.45, 7) is 1.06. The number of hydrogen-bond donors (Lipinski definition) is 1. The molecule has 3 rings (SSSR count).